The average molecular weight is 422 g/mol. The van der Waals surface area contributed by atoms with Gasteiger partial charge in [0.2, 0.25) is 5.91 Å². The van der Waals surface area contributed by atoms with Crippen LogP contribution < -0.4 is 4.74 Å². The summed E-state index contributed by atoms with van der Waals surface area (Å²) in [5.74, 6) is 1.92. The van der Waals surface area contributed by atoms with Crippen LogP contribution in [0.4, 0.5) is 0 Å². The van der Waals surface area contributed by atoms with Gasteiger partial charge < -0.3 is 14.7 Å². The number of ether oxygens (including phenoxy) is 1. The number of carbonyl (C=O) groups excluding carboxylic acids is 1. The molecule has 1 amide bonds. The average Bonchev–Trinajstić information content (AvgIpc) is 3.19. The van der Waals surface area contributed by atoms with Crippen LogP contribution in [0.1, 0.15) is 33.3 Å². The molecule has 5 heteroatoms. The Morgan fingerprint density at radius 1 is 1.20 bits per heavy atom. The third-order valence-corrected chi connectivity index (χ3v) is 8.16. The Labute approximate surface area is 180 Å². The van der Waals surface area contributed by atoms with Crippen molar-refractivity contribution >= 4 is 37.4 Å². The molecule has 0 unspecified atom stereocenters. The number of β-lactam (4-membered cyclic amide) rings is 1. The van der Waals surface area contributed by atoms with E-state index in [4.69, 9.17) is 4.74 Å². The lowest BCUT2D eigenvalue weighted by Crippen LogP contribution is -2.61. The standard InChI is InChI=1S/C25H27NO3S/c1-13(2)21-23-14(3)18(15(4)26(23)25(21)28)12-29-19-9-6-10-20-22(19)17-8-5-7-16(11-27)24(17)30-20/h5-10,13-14,21,23,27H,11-12H2,1-4H3/t14-,21+,23+/m0/s1. The van der Waals surface area contributed by atoms with Crippen molar-refractivity contribution in [2.45, 2.75) is 40.3 Å². The number of hydrogen-bond acceptors (Lipinski definition) is 4. The minimum atomic E-state index is 0.0339. The van der Waals surface area contributed by atoms with Gasteiger partial charge in [-0.1, -0.05) is 45.0 Å². The van der Waals surface area contributed by atoms with Crippen LogP contribution in [0.15, 0.2) is 47.7 Å². The maximum absolute atomic E-state index is 12.6. The number of aliphatic hydroxyl groups excluding tert-OH is 1. The molecule has 2 aliphatic rings. The second kappa shape index (κ2) is 7.10. The van der Waals surface area contributed by atoms with Gasteiger partial charge in [-0.3, -0.25) is 4.79 Å². The Morgan fingerprint density at radius 3 is 2.70 bits per heavy atom. The highest BCUT2D eigenvalue weighted by Crippen LogP contribution is 2.48. The first-order valence-corrected chi connectivity index (χ1v) is 11.4. The zero-order valence-corrected chi connectivity index (χ0v) is 18.6. The molecule has 156 valence electrons. The molecular weight excluding hydrogens is 394 g/mol. The van der Waals surface area contributed by atoms with E-state index in [9.17, 15) is 9.90 Å². The van der Waals surface area contributed by atoms with E-state index in [1.165, 1.54) is 5.57 Å². The van der Waals surface area contributed by atoms with Crippen LogP contribution in [0.2, 0.25) is 0 Å². The number of amides is 1. The molecule has 0 saturated carbocycles. The summed E-state index contributed by atoms with van der Waals surface area (Å²) in [6, 6.07) is 12.5. The highest BCUT2D eigenvalue weighted by molar-refractivity contribution is 7.26. The zero-order chi connectivity index (χ0) is 21.2. The van der Waals surface area contributed by atoms with Gasteiger partial charge in [0.1, 0.15) is 12.4 Å². The fourth-order valence-electron chi connectivity index (χ4n) is 5.34. The van der Waals surface area contributed by atoms with Crippen molar-refractivity contribution < 1.29 is 14.6 Å². The number of nitrogens with zero attached hydrogens (tertiary/aromatic N) is 1. The maximum atomic E-state index is 12.6. The first-order valence-electron chi connectivity index (χ1n) is 10.6. The monoisotopic (exact) mass is 421 g/mol. The highest BCUT2D eigenvalue weighted by atomic mass is 32.1. The van der Waals surface area contributed by atoms with Crippen LogP contribution in [0.25, 0.3) is 20.2 Å². The summed E-state index contributed by atoms with van der Waals surface area (Å²) in [6.45, 7) is 9.08. The Balaban J connectivity index is 1.48. The van der Waals surface area contributed by atoms with Crippen LogP contribution in [-0.4, -0.2) is 28.6 Å². The molecule has 1 N–H and O–H groups in total. The second-order valence-electron chi connectivity index (χ2n) is 8.84. The molecule has 2 aliphatic heterocycles. The largest absolute Gasteiger partial charge is 0.488 e. The fourth-order valence-corrected chi connectivity index (χ4v) is 6.56. The van der Waals surface area contributed by atoms with E-state index in [1.54, 1.807) is 11.3 Å². The molecule has 3 aromatic rings. The first kappa shape index (κ1) is 19.6. The van der Waals surface area contributed by atoms with Crippen molar-refractivity contribution in [3.63, 3.8) is 0 Å². The lowest BCUT2D eigenvalue weighted by Gasteiger charge is -2.47. The molecule has 0 spiro atoms. The zero-order valence-electron chi connectivity index (χ0n) is 17.8. The maximum Gasteiger partial charge on any atom is 0.232 e. The van der Waals surface area contributed by atoms with Crippen molar-refractivity contribution in [1.82, 2.24) is 4.90 Å². The van der Waals surface area contributed by atoms with Gasteiger partial charge in [-0.05, 0) is 36.1 Å². The van der Waals surface area contributed by atoms with Crippen LogP contribution in [-0.2, 0) is 11.4 Å². The number of benzene rings is 2. The van der Waals surface area contributed by atoms with E-state index >= 15 is 0 Å². The normalized spacial score (nSPS) is 23.6. The van der Waals surface area contributed by atoms with Crippen LogP contribution in [0.5, 0.6) is 5.75 Å². The molecule has 0 bridgehead atoms. The molecule has 2 aromatic carbocycles. The lowest BCUT2D eigenvalue weighted by atomic mass is 9.74. The van der Waals surface area contributed by atoms with E-state index in [0.717, 1.165) is 37.2 Å². The summed E-state index contributed by atoms with van der Waals surface area (Å²) in [4.78, 5) is 14.6. The number of thiophene rings is 1. The summed E-state index contributed by atoms with van der Waals surface area (Å²) < 4.78 is 8.66. The summed E-state index contributed by atoms with van der Waals surface area (Å²) in [5, 5.41) is 11.9. The summed E-state index contributed by atoms with van der Waals surface area (Å²) in [5.41, 5.74) is 3.24. The molecule has 0 aliphatic carbocycles. The molecular formula is C25H27NO3S. The van der Waals surface area contributed by atoms with Crippen molar-refractivity contribution in [2.24, 2.45) is 17.8 Å². The Hall–Kier alpha value is -2.37. The van der Waals surface area contributed by atoms with Gasteiger partial charge in [0.05, 0.1) is 18.6 Å². The third-order valence-electron chi connectivity index (χ3n) is 6.91. The predicted molar refractivity (Wildman–Crippen MR) is 122 cm³/mol. The molecule has 1 aromatic heterocycles. The quantitative estimate of drug-likeness (QED) is 0.566. The number of carbonyl (C=O) groups is 1. The molecule has 1 fully saturated rings. The van der Waals surface area contributed by atoms with Gasteiger partial charge in [-0.25, -0.2) is 0 Å². The van der Waals surface area contributed by atoms with Crippen molar-refractivity contribution in [3.8, 4) is 5.75 Å². The van der Waals surface area contributed by atoms with Crippen LogP contribution in [0.3, 0.4) is 0 Å². The van der Waals surface area contributed by atoms with Crippen molar-refractivity contribution in [3.05, 3.63) is 53.2 Å². The first-order chi connectivity index (χ1) is 14.4. The smallest absolute Gasteiger partial charge is 0.232 e. The second-order valence-corrected chi connectivity index (χ2v) is 9.89. The van der Waals surface area contributed by atoms with E-state index in [0.29, 0.717) is 18.4 Å². The third kappa shape index (κ3) is 2.65. The lowest BCUT2D eigenvalue weighted by molar-refractivity contribution is -0.155. The van der Waals surface area contributed by atoms with Crippen molar-refractivity contribution in [1.29, 1.82) is 0 Å². The highest BCUT2D eigenvalue weighted by Gasteiger charge is 2.56. The van der Waals surface area contributed by atoms with Gasteiger partial charge in [0, 0.05) is 31.8 Å². The molecule has 4 nitrogen and oxygen atoms in total. The molecule has 1 saturated heterocycles. The minimum absolute atomic E-state index is 0.0339. The number of fused-ring (bicyclic) bond motifs is 4. The van der Waals surface area contributed by atoms with Gasteiger partial charge in [0.15, 0.2) is 0 Å². The molecule has 3 heterocycles. The van der Waals surface area contributed by atoms with E-state index in [2.05, 4.69) is 39.8 Å². The SMILES string of the molecule is CC1=C(COc2cccc3sc4c(CO)cccc4c23)[C@H](C)[C@@H]2[C@@H](C(C)C)C(=O)N12. The Kier molecular flexibility index (Phi) is 4.64. The topological polar surface area (TPSA) is 49.8 Å². The molecule has 30 heavy (non-hydrogen) atoms. The number of aliphatic hydroxyl groups is 1. The van der Waals surface area contributed by atoms with Gasteiger partial charge in [0.25, 0.3) is 0 Å². The fraction of sp³-hybridized carbons (Fsp3) is 0.400. The van der Waals surface area contributed by atoms with Gasteiger partial charge in [-0.15, -0.1) is 11.3 Å². The summed E-state index contributed by atoms with van der Waals surface area (Å²) >= 11 is 1.70. The van der Waals surface area contributed by atoms with E-state index < -0.39 is 0 Å². The number of hydrogen-bond donors (Lipinski definition) is 1. The summed E-state index contributed by atoms with van der Waals surface area (Å²) in [6.07, 6.45) is 0. The minimum Gasteiger partial charge on any atom is -0.488 e. The predicted octanol–water partition coefficient (Wildman–Crippen LogP) is 5.33. The number of allylic oxidation sites excluding steroid dienone is 1. The van der Waals surface area contributed by atoms with Gasteiger partial charge >= 0.3 is 0 Å². The summed E-state index contributed by atoms with van der Waals surface area (Å²) in [7, 11) is 0. The van der Waals surface area contributed by atoms with E-state index in [-0.39, 0.29) is 24.5 Å². The molecule has 0 radical (unpaired) electrons. The Morgan fingerprint density at radius 2 is 1.97 bits per heavy atom. The van der Waals surface area contributed by atoms with E-state index in [1.807, 2.05) is 29.2 Å². The van der Waals surface area contributed by atoms with Crippen LogP contribution >= 0.6 is 11.3 Å². The van der Waals surface area contributed by atoms with Crippen LogP contribution in [0, 0.1) is 17.8 Å². The molecule has 5 rings (SSSR count). The van der Waals surface area contributed by atoms with Crippen molar-refractivity contribution in [2.75, 3.05) is 6.61 Å². The number of rotatable bonds is 5. The Bertz CT molecular complexity index is 1190. The van der Waals surface area contributed by atoms with Gasteiger partial charge in [-0.2, -0.15) is 0 Å². The molecule has 3 atom stereocenters.